The van der Waals surface area contributed by atoms with Gasteiger partial charge in [-0.15, -0.1) is 0 Å². The maximum atomic E-state index is 13.5. The van der Waals surface area contributed by atoms with Gasteiger partial charge in [0.05, 0.1) is 32.0 Å². The van der Waals surface area contributed by atoms with Crippen LogP contribution in [0.4, 0.5) is 17.1 Å². The first kappa shape index (κ1) is 21.9. The molecular weight excluding hydrogens is 422 g/mol. The van der Waals surface area contributed by atoms with E-state index >= 15 is 0 Å². The summed E-state index contributed by atoms with van der Waals surface area (Å²) in [6.07, 6.45) is -0.214. The molecule has 1 atom stereocenters. The SMILES string of the molecule is COc1ccc(NC(=O)C[C@H]2C(=O)Nc3ccccc3N2C(=O)c2ccc(OC)cc2)cc1. The van der Waals surface area contributed by atoms with Crippen LogP contribution < -0.4 is 25.0 Å². The largest absolute Gasteiger partial charge is 0.497 e. The molecular formula is C25H23N3O5. The van der Waals surface area contributed by atoms with Crippen molar-refractivity contribution in [2.45, 2.75) is 12.5 Å². The number of amides is 3. The third-order valence-corrected chi connectivity index (χ3v) is 5.34. The molecule has 3 aromatic rings. The van der Waals surface area contributed by atoms with Gasteiger partial charge in [-0.25, -0.2) is 0 Å². The van der Waals surface area contributed by atoms with Gasteiger partial charge in [0.25, 0.3) is 5.91 Å². The lowest BCUT2D eigenvalue weighted by molar-refractivity contribution is -0.122. The minimum atomic E-state index is -1.02. The summed E-state index contributed by atoms with van der Waals surface area (Å²) in [5, 5.41) is 5.57. The van der Waals surface area contributed by atoms with E-state index in [2.05, 4.69) is 10.6 Å². The Balaban J connectivity index is 1.61. The van der Waals surface area contributed by atoms with Crippen molar-refractivity contribution in [3.63, 3.8) is 0 Å². The van der Waals surface area contributed by atoms with Gasteiger partial charge in [0.15, 0.2) is 0 Å². The summed E-state index contributed by atoms with van der Waals surface area (Å²) in [6.45, 7) is 0. The zero-order valence-electron chi connectivity index (χ0n) is 18.2. The van der Waals surface area contributed by atoms with Crippen molar-refractivity contribution in [1.29, 1.82) is 0 Å². The molecule has 168 valence electrons. The predicted octanol–water partition coefficient (Wildman–Crippen LogP) is 3.70. The van der Waals surface area contributed by atoms with Gasteiger partial charge >= 0.3 is 0 Å². The first-order valence-corrected chi connectivity index (χ1v) is 10.3. The van der Waals surface area contributed by atoms with Crippen molar-refractivity contribution >= 4 is 34.8 Å². The van der Waals surface area contributed by atoms with Crippen LogP contribution in [0.15, 0.2) is 72.8 Å². The van der Waals surface area contributed by atoms with Crippen molar-refractivity contribution in [3.8, 4) is 11.5 Å². The second-order valence-corrected chi connectivity index (χ2v) is 7.41. The first-order chi connectivity index (χ1) is 16.0. The van der Waals surface area contributed by atoms with Crippen molar-refractivity contribution in [1.82, 2.24) is 0 Å². The average Bonchev–Trinajstić information content (AvgIpc) is 2.84. The predicted molar refractivity (Wildman–Crippen MR) is 125 cm³/mol. The highest BCUT2D eigenvalue weighted by Crippen LogP contribution is 2.34. The summed E-state index contributed by atoms with van der Waals surface area (Å²) < 4.78 is 10.3. The molecule has 8 nitrogen and oxygen atoms in total. The summed E-state index contributed by atoms with van der Waals surface area (Å²) in [4.78, 5) is 40.6. The third kappa shape index (κ3) is 4.64. The number of hydrogen-bond acceptors (Lipinski definition) is 5. The van der Waals surface area contributed by atoms with Crippen molar-refractivity contribution in [2.24, 2.45) is 0 Å². The highest BCUT2D eigenvalue weighted by Gasteiger charge is 2.38. The lowest BCUT2D eigenvalue weighted by atomic mass is 10.0. The number of carbonyl (C=O) groups excluding carboxylic acids is 3. The highest BCUT2D eigenvalue weighted by atomic mass is 16.5. The number of anilines is 3. The third-order valence-electron chi connectivity index (χ3n) is 5.34. The van der Waals surface area contributed by atoms with E-state index in [1.807, 2.05) is 0 Å². The smallest absolute Gasteiger partial charge is 0.259 e. The van der Waals surface area contributed by atoms with Crippen LogP contribution in [0.3, 0.4) is 0 Å². The second-order valence-electron chi connectivity index (χ2n) is 7.41. The molecule has 1 heterocycles. The van der Waals surface area contributed by atoms with E-state index in [9.17, 15) is 14.4 Å². The maximum Gasteiger partial charge on any atom is 0.259 e. The summed E-state index contributed by atoms with van der Waals surface area (Å²) in [5.74, 6) is 0.0566. The lowest BCUT2D eigenvalue weighted by Gasteiger charge is -2.36. The molecule has 1 aliphatic heterocycles. The molecule has 0 saturated carbocycles. The molecule has 0 fully saturated rings. The number of methoxy groups -OCH3 is 2. The molecule has 0 radical (unpaired) electrons. The fourth-order valence-corrected chi connectivity index (χ4v) is 3.66. The molecule has 3 aromatic carbocycles. The standard InChI is InChI=1S/C25H23N3O5/c1-32-18-11-7-16(8-12-18)25(31)28-21-6-4-3-5-20(21)27-24(30)22(28)15-23(29)26-17-9-13-19(33-2)14-10-17/h3-14,22H,15H2,1-2H3,(H,26,29)(H,27,30)/t22-/m0/s1. The second kappa shape index (κ2) is 9.44. The van der Waals surface area contributed by atoms with Crippen LogP contribution in [0, 0.1) is 0 Å². The summed E-state index contributed by atoms with van der Waals surface area (Å²) in [6, 6.07) is 19.4. The van der Waals surface area contributed by atoms with Crippen LogP contribution in [0.1, 0.15) is 16.8 Å². The van der Waals surface area contributed by atoms with E-state index < -0.39 is 17.9 Å². The Kier molecular flexibility index (Phi) is 6.26. The normalized spacial score (nSPS) is 14.7. The van der Waals surface area contributed by atoms with Crippen molar-refractivity contribution in [2.75, 3.05) is 29.8 Å². The number of para-hydroxylation sites is 2. The van der Waals surface area contributed by atoms with Gasteiger partial charge < -0.3 is 20.1 Å². The van der Waals surface area contributed by atoms with E-state index in [-0.39, 0.29) is 12.3 Å². The minimum absolute atomic E-state index is 0.214. The number of benzene rings is 3. The fourth-order valence-electron chi connectivity index (χ4n) is 3.66. The molecule has 0 aromatic heterocycles. The molecule has 0 saturated heterocycles. The lowest BCUT2D eigenvalue weighted by Crippen LogP contribution is -2.52. The van der Waals surface area contributed by atoms with E-state index in [0.29, 0.717) is 34.1 Å². The summed E-state index contributed by atoms with van der Waals surface area (Å²) in [5.41, 5.74) is 1.97. The molecule has 4 rings (SSSR count). The number of nitrogens with zero attached hydrogens (tertiary/aromatic N) is 1. The van der Waals surface area contributed by atoms with Crippen LogP contribution in [-0.2, 0) is 9.59 Å². The summed E-state index contributed by atoms with van der Waals surface area (Å²) in [7, 11) is 3.10. The van der Waals surface area contributed by atoms with Crippen LogP contribution in [0.25, 0.3) is 0 Å². The van der Waals surface area contributed by atoms with Crippen LogP contribution >= 0.6 is 0 Å². The Morgan fingerprint density at radius 3 is 2.15 bits per heavy atom. The molecule has 0 spiro atoms. The molecule has 0 unspecified atom stereocenters. The van der Waals surface area contributed by atoms with Gasteiger partial charge in [-0.1, -0.05) is 12.1 Å². The number of nitrogens with one attached hydrogen (secondary N) is 2. The number of rotatable bonds is 6. The molecule has 0 aliphatic carbocycles. The van der Waals surface area contributed by atoms with Crippen LogP contribution in [-0.4, -0.2) is 38.0 Å². The maximum absolute atomic E-state index is 13.5. The average molecular weight is 445 g/mol. The summed E-state index contributed by atoms with van der Waals surface area (Å²) >= 11 is 0. The highest BCUT2D eigenvalue weighted by molar-refractivity contribution is 6.17. The van der Waals surface area contributed by atoms with Crippen molar-refractivity contribution in [3.05, 3.63) is 78.4 Å². The number of hydrogen-bond donors (Lipinski definition) is 2. The van der Waals surface area contributed by atoms with Gasteiger partial charge in [-0.2, -0.15) is 0 Å². The molecule has 8 heteroatoms. The molecule has 1 aliphatic rings. The Hall–Kier alpha value is -4.33. The Labute approximate surface area is 191 Å². The van der Waals surface area contributed by atoms with Gasteiger partial charge in [0.1, 0.15) is 17.5 Å². The van der Waals surface area contributed by atoms with Crippen LogP contribution in [0.5, 0.6) is 11.5 Å². The van der Waals surface area contributed by atoms with Gasteiger partial charge in [0, 0.05) is 11.3 Å². The van der Waals surface area contributed by atoms with Gasteiger partial charge in [0.2, 0.25) is 11.8 Å². The van der Waals surface area contributed by atoms with E-state index in [1.54, 1.807) is 87.0 Å². The molecule has 33 heavy (non-hydrogen) atoms. The number of fused-ring (bicyclic) bond motifs is 1. The van der Waals surface area contributed by atoms with Gasteiger partial charge in [-0.3, -0.25) is 19.3 Å². The van der Waals surface area contributed by atoms with Crippen molar-refractivity contribution < 1.29 is 23.9 Å². The molecule has 3 amide bonds. The Bertz CT molecular complexity index is 1180. The quantitative estimate of drug-likeness (QED) is 0.603. The van der Waals surface area contributed by atoms with Gasteiger partial charge in [-0.05, 0) is 60.7 Å². The minimum Gasteiger partial charge on any atom is -0.497 e. The monoisotopic (exact) mass is 445 g/mol. The fraction of sp³-hybridized carbons (Fsp3) is 0.160. The zero-order chi connectivity index (χ0) is 23.4. The first-order valence-electron chi connectivity index (χ1n) is 10.3. The van der Waals surface area contributed by atoms with E-state index in [4.69, 9.17) is 9.47 Å². The number of ether oxygens (including phenoxy) is 2. The van der Waals surface area contributed by atoms with E-state index in [0.717, 1.165) is 0 Å². The molecule has 2 N–H and O–H groups in total. The topological polar surface area (TPSA) is 97.0 Å². The molecule has 0 bridgehead atoms. The number of carbonyl (C=O) groups is 3. The Morgan fingerprint density at radius 1 is 0.909 bits per heavy atom. The van der Waals surface area contributed by atoms with E-state index in [1.165, 1.54) is 4.90 Å². The van der Waals surface area contributed by atoms with Crippen LogP contribution in [0.2, 0.25) is 0 Å². The Morgan fingerprint density at radius 2 is 1.52 bits per heavy atom. The zero-order valence-corrected chi connectivity index (χ0v) is 18.2.